The number of aryl methyl sites for hydroxylation is 1. The fraction of sp³-hybridized carbons (Fsp3) is 0.182. The maximum absolute atomic E-state index is 6.04. The SMILES string of the molecule is Cc1ccnc(C(N)c2cncnc2)c1. The molecular weight excluding hydrogens is 188 g/mol. The zero-order valence-corrected chi connectivity index (χ0v) is 8.46. The summed E-state index contributed by atoms with van der Waals surface area (Å²) < 4.78 is 0. The molecular formula is C11H12N4. The maximum Gasteiger partial charge on any atom is 0.115 e. The summed E-state index contributed by atoms with van der Waals surface area (Å²) in [5.41, 5.74) is 8.90. The summed E-state index contributed by atoms with van der Waals surface area (Å²) in [4.78, 5) is 12.1. The summed E-state index contributed by atoms with van der Waals surface area (Å²) in [5.74, 6) is 0. The van der Waals surface area contributed by atoms with Crippen LogP contribution in [0, 0.1) is 6.92 Å². The van der Waals surface area contributed by atoms with Crippen LogP contribution < -0.4 is 5.73 Å². The van der Waals surface area contributed by atoms with Crippen molar-refractivity contribution in [3.05, 3.63) is 53.9 Å². The zero-order valence-electron chi connectivity index (χ0n) is 8.46. The van der Waals surface area contributed by atoms with Crippen LogP contribution in [0.3, 0.4) is 0 Å². The molecule has 0 aliphatic heterocycles. The highest BCUT2D eigenvalue weighted by molar-refractivity contribution is 5.25. The molecule has 0 bridgehead atoms. The van der Waals surface area contributed by atoms with Crippen LogP contribution in [-0.2, 0) is 0 Å². The number of hydrogen-bond donors (Lipinski definition) is 1. The molecule has 2 N–H and O–H groups in total. The largest absolute Gasteiger partial charge is 0.319 e. The van der Waals surface area contributed by atoms with Crippen molar-refractivity contribution < 1.29 is 0 Å². The van der Waals surface area contributed by atoms with Gasteiger partial charge in [-0.25, -0.2) is 9.97 Å². The van der Waals surface area contributed by atoms with E-state index in [9.17, 15) is 0 Å². The third kappa shape index (κ3) is 2.16. The second-order valence-corrected chi connectivity index (χ2v) is 3.41. The second kappa shape index (κ2) is 4.14. The van der Waals surface area contributed by atoms with Gasteiger partial charge in [0.2, 0.25) is 0 Å². The first-order chi connectivity index (χ1) is 7.27. The standard InChI is InChI=1S/C11H12N4/c1-8-2-3-15-10(4-8)11(12)9-5-13-7-14-6-9/h2-7,11H,12H2,1H3. The molecule has 0 aliphatic carbocycles. The van der Waals surface area contributed by atoms with Crippen LogP contribution >= 0.6 is 0 Å². The molecule has 1 atom stereocenters. The molecule has 0 saturated carbocycles. The summed E-state index contributed by atoms with van der Waals surface area (Å²) in [7, 11) is 0. The van der Waals surface area contributed by atoms with Crippen LogP contribution in [0.1, 0.15) is 22.9 Å². The predicted molar refractivity (Wildman–Crippen MR) is 57.0 cm³/mol. The van der Waals surface area contributed by atoms with Gasteiger partial charge in [0.1, 0.15) is 6.33 Å². The lowest BCUT2D eigenvalue weighted by molar-refractivity contribution is 0.811. The first-order valence-corrected chi connectivity index (χ1v) is 4.70. The molecule has 0 aliphatic rings. The Kier molecular flexibility index (Phi) is 2.69. The van der Waals surface area contributed by atoms with Gasteiger partial charge in [-0.3, -0.25) is 4.98 Å². The van der Waals surface area contributed by atoms with Gasteiger partial charge in [0.05, 0.1) is 11.7 Å². The van der Waals surface area contributed by atoms with Crippen LogP contribution in [0.4, 0.5) is 0 Å². The van der Waals surface area contributed by atoms with E-state index in [1.807, 2.05) is 19.1 Å². The van der Waals surface area contributed by atoms with Crippen LogP contribution in [0.2, 0.25) is 0 Å². The van der Waals surface area contributed by atoms with Gasteiger partial charge in [-0.05, 0) is 24.6 Å². The lowest BCUT2D eigenvalue weighted by Gasteiger charge is -2.10. The quantitative estimate of drug-likeness (QED) is 0.791. The van der Waals surface area contributed by atoms with Crippen LogP contribution in [0.5, 0.6) is 0 Å². The average Bonchev–Trinajstić information content (AvgIpc) is 2.29. The van der Waals surface area contributed by atoms with Gasteiger partial charge in [0.25, 0.3) is 0 Å². The molecule has 2 heterocycles. The molecule has 0 aromatic carbocycles. The van der Waals surface area contributed by atoms with E-state index >= 15 is 0 Å². The molecule has 0 saturated heterocycles. The fourth-order valence-corrected chi connectivity index (χ4v) is 1.37. The highest BCUT2D eigenvalue weighted by atomic mass is 14.8. The van der Waals surface area contributed by atoms with Gasteiger partial charge < -0.3 is 5.73 Å². The number of pyridine rings is 1. The van der Waals surface area contributed by atoms with E-state index in [0.29, 0.717) is 0 Å². The highest BCUT2D eigenvalue weighted by Gasteiger charge is 2.10. The Morgan fingerprint density at radius 2 is 2.00 bits per heavy atom. The van der Waals surface area contributed by atoms with Crippen molar-refractivity contribution in [2.75, 3.05) is 0 Å². The number of rotatable bonds is 2. The molecule has 2 rings (SSSR count). The number of aromatic nitrogens is 3. The summed E-state index contributed by atoms with van der Waals surface area (Å²) >= 11 is 0. The van der Waals surface area contributed by atoms with Gasteiger partial charge in [0.15, 0.2) is 0 Å². The van der Waals surface area contributed by atoms with E-state index in [-0.39, 0.29) is 6.04 Å². The monoisotopic (exact) mass is 200 g/mol. The van der Waals surface area contributed by atoms with Crippen molar-refractivity contribution >= 4 is 0 Å². The van der Waals surface area contributed by atoms with Crippen LogP contribution in [0.25, 0.3) is 0 Å². The lowest BCUT2D eigenvalue weighted by atomic mass is 10.1. The van der Waals surface area contributed by atoms with Crippen molar-refractivity contribution in [3.63, 3.8) is 0 Å². The molecule has 4 heteroatoms. The fourth-order valence-electron chi connectivity index (χ4n) is 1.37. The Morgan fingerprint density at radius 1 is 1.27 bits per heavy atom. The first kappa shape index (κ1) is 9.73. The van der Waals surface area contributed by atoms with Crippen molar-refractivity contribution in [1.82, 2.24) is 15.0 Å². The number of nitrogens with two attached hydrogens (primary N) is 1. The summed E-state index contributed by atoms with van der Waals surface area (Å²) in [6.45, 7) is 2.01. The molecule has 0 spiro atoms. The normalized spacial score (nSPS) is 12.4. The van der Waals surface area contributed by atoms with Crippen molar-refractivity contribution in [1.29, 1.82) is 0 Å². The predicted octanol–water partition coefficient (Wildman–Crippen LogP) is 1.23. The van der Waals surface area contributed by atoms with Crippen molar-refractivity contribution in [2.24, 2.45) is 5.73 Å². The van der Waals surface area contributed by atoms with Gasteiger partial charge in [-0.2, -0.15) is 0 Å². The first-order valence-electron chi connectivity index (χ1n) is 4.70. The molecule has 4 nitrogen and oxygen atoms in total. The third-order valence-electron chi connectivity index (χ3n) is 2.19. The van der Waals surface area contributed by atoms with Gasteiger partial charge >= 0.3 is 0 Å². The van der Waals surface area contributed by atoms with E-state index in [4.69, 9.17) is 5.73 Å². The molecule has 0 fully saturated rings. The Morgan fingerprint density at radius 3 is 2.67 bits per heavy atom. The van der Waals surface area contributed by atoms with Gasteiger partial charge in [0, 0.05) is 24.2 Å². The summed E-state index contributed by atoms with van der Waals surface area (Å²) in [5, 5.41) is 0. The van der Waals surface area contributed by atoms with E-state index in [1.165, 1.54) is 6.33 Å². The molecule has 1 unspecified atom stereocenters. The third-order valence-corrected chi connectivity index (χ3v) is 2.19. The van der Waals surface area contributed by atoms with Crippen LogP contribution in [0.15, 0.2) is 37.1 Å². The summed E-state index contributed by atoms with van der Waals surface area (Å²) in [6, 6.07) is 3.65. The Labute approximate surface area is 88.2 Å². The molecule has 2 aromatic heterocycles. The molecule has 15 heavy (non-hydrogen) atoms. The Hall–Kier alpha value is -1.81. The molecule has 0 amide bonds. The maximum atomic E-state index is 6.04. The second-order valence-electron chi connectivity index (χ2n) is 3.41. The summed E-state index contributed by atoms with van der Waals surface area (Å²) in [6.07, 6.45) is 6.66. The Bertz CT molecular complexity index is 441. The van der Waals surface area contributed by atoms with Crippen LogP contribution in [-0.4, -0.2) is 15.0 Å². The average molecular weight is 200 g/mol. The molecule has 0 radical (unpaired) electrons. The lowest BCUT2D eigenvalue weighted by Crippen LogP contribution is -2.14. The molecule has 2 aromatic rings. The smallest absolute Gasteiger partial charge is 0.115 e. The van der Waals surface area contributed by atoms with Gasteiger partial charge in [-0.1, -0.05) is 0 Å². The minimum absolute atomic E-state index is 0.258. The topological polar surface area (TPSA) is 64.7 Å². The minimum atomic E-state index is -0.258. The number of nitrogens with zero attached hydrogens (tertiary/aromatic N) is 3. The van der Waals surface area contributed by atoms with E-state index in [0.717, 1.165) is 16.8 Å². The van der Waals surface area contributed by atoms with E-state index in [1.54, 1.807) is 18.6 Å². The van der Waals surface area contributed by atoms with E-state index in [2.05, 4.69) is 15.0 Å². The van der Waals surface area contributed by atoms with Crippen molar-refractivity contribution in [2.45, 2.75) is 13.0 Å². The zero-order chi connectivity index (χ0) is 10.7. The van der Waals surface area contributed by atoms with Gasteiger partial charge in [-0.15, -0.1) is 0 Å². The molecule has 76 valence electrons. The highest BCUT2D eigenvalue weighted by Crippen LogP contribution is 2.16. The van der Waals surface area contributed by atoms with Crippen molar-refractivity contribution in [3.8, 4) is 0 Å². The minimum Gasteiger partial charge on any atom is -0.319 e. The number of hydrogen-bond acceptors (Lipinski definition) is 4. The van der Waals surface area contributed by atoms with E-state index < -0.39 is 0 Å². The Balaban J connectivity index is 2.32.